The van der Waals surface area contributed by atoms with Crippen molar-refractivity contribution >= 4 is 39.2 Å². The second kappa shape index (κ2) is 10.6. The van der Waals surface area contributed by atoms with Gasteiger partial charge in [0, 0.05) is 23.3 Å². The summed E-state index contributed by atoms with van der Waals surface area (Å²) in [6.07, 6.45) is 6.50. The zero-order valence-corrected chi connectivity index (χ0v) is 22.6. The van der Waals surface area contributed by atoms with E-state index in [0.717, 1.165) is 72.6 Å². The molecule has 0 aliphatic carbocycles. The van der Waals surface area contributed by atoms with Crippen molar-refractivity contribution in [3.8, 4) is 11.5 Å². The minimum Gasteiger partial charge on any atom is -0.497 e. The lowest BCUT2D eigenvalue weighted by Crippen LogP contribution is -2.03. The van der Waals surface area contributed by atoms with Crippen molar-refractivity contribution < 1.29 is 13.9 Å². The molecule has 0 spiro atoms. The summed E-state index contributed by atoms with van der Waals surface area (Å²) >= 11 is 0. The molecule has 3 heteroatoms. The molecule has 3 nitrogen and oxygen atoms in total. The van der Waals surface area contributed by atoms with Crippen LogP contribution in [0.3, 0.4) is 0 Å². The first kappa shape index (κ1) is 24.6. The van der Waals surface area contributed by atoms with E-state index in [0.29, 0.717) is 0 Å². The minimum atomic E-state index is 0.763. The van der Waals surface area contributed by atoms with Crippen LogP contribution in [-0.4, -0.2) is 7.11 Å². The quantitative estimate of drug-likeness (QED) is 0.164. The average Bonchev–Trinajstić information content (AvgIpc) is 3.04. The Kier molecular flexibility index (Phi) is 6.38. The van der Waals surface area contributed by atoms with Gasteiger partial charge in [0.1, 0.15) is 17.3 Å². The summed E-state index contributed by atoms with van der Waals surface area (Å²) in [4.78, 5) is 0. The van der Waals surface area contributed by atoms with Gasteiger partial charge in [-0.3, -0.25) is 0 Å². The largest absolute Gasteiger partial charge is 0.497 e. The minimum absolute atomic E-state index is 0.763. The second-order valence-electron chi connectivity index (χ2n) is 9.91. The fourth-order valence-electron chi connectivity index (χ4n) is 5.37. The topological polar surface area (TPSA) is 29.8 Å². The van der Waals surface area contributed by atoms with Crippen LogP contribution in [0.15, 0.2) is 150 Å². The molecule has 5 aromatic carbocycles. The predicted molar refractivity (Wildman–Crippen MR) is 168 cm³/mol. The van der Waals surface area contributed by atoms with Crippen molar-refractivity contribution in [2.24, 2.45) is 0 Å². The highest BCUT2D eigenvalue weighted by atomic mass is 16.5. The Hall–Kier alpha value is -5.41. The van der Waals surface area contributed by atoms with E-state index in [1.807, 2.05) is 60.7 Å². The van der Waals surface area contributed by atoms with Gasteiger partial charge in [-0.15, -0.1) is 0 Å². The van der Waals surface area contributed by atoms with E-state index in [-0.39, 0.29) is 0 Å². The van der Waals surface area contributed by atoms with Gasteiger partial charge in [-0.25, -0.2) is 4.42 Å². The normalized spacial score (nSPS) is 14.0. The van der Waals surface area contributed by atoms with Crippen LogP contribution < -0.4 is 9.47 Å². The molecule has 1 aromatic heterocycles. The van der Waals surface area contributed by atoms with Gasteiger partial charge in [0.05, 0.1) is 17.9 Å². The second-order valence-corrected chi connectivity index (χ2v) is 9.91. The van der Waals surface area contributed by atoms with Gasteiger partial charge in [-0.05, 0) is 70.8 Å². The van der Waals surface area contributed by atoms with Crippen LogP contribution in [0.5, 0.6) is 11.5 Å². The molecule has 0 saturated carbocycles. The number of allylic oxidation sites excluding steroid dienone is 3. The smallest absolute Gasteiger partial charge is 0.361 e. The standard InChI is InChI=1S/C38H27O3/c1-39-29-21-19-27(20-22-29)34(26-11-3-2-4-12-26)25-30-23-28(31-13-5-8-16-36(31)40-30)24-35-32-14-6-9-17-37(32)41-38-18-10-7-15-33(35)38/h2-25H,1H3/q+1. The highest BCUT2D eigenvalue weighted by molar-refractivity contribution is 6.06. The van der Waals surface area contributed by atoms with Gasteiger partial charge in [-0.1, -0.05) is 84.9 Å². The summed E-state index contributed by atoms with van der Waals surface area (Å²) in [7, 11) is 1.68. The van der Waals surface area contributed by atoms with E-state index in [4.69, 9.17) is 13.9 Å². The number of ether oxygens (including phenoxy) is 2. The van der Waals surface area contributed by atoms with Crippen LogP contribution in [0.1, 0.15) is 22.3 Å². The highest BCUT2D eigenvalue weighted by Crippen LogP contribution is 2.39. The van der Waals surface area contributed by atoms with Gasteiger partial charge in [-0.2, -0.15) is 0 Å². The third-order valence-corrected chi connectivity index (χ3v) is 7.37. The molecule has 0 bridgehead atoms. The molecule has 6 aromatic rings. The van der Waals surface area contributed by atoms with Crippen molar-refractivity contribution in [2.75, 3.05) is 7.11 Å². The Morgan fingerprint density at radius 2 is 1.27 bits per heavy atom. The lowest BCUT2D eigenvalue weighted by molar-refractivity contribution is 0.415. The maximum absolute atomic E-state index is 6.49. The van der Waals surface area contributed by atoms with E-state index in [1.54, 1.807) is 7.11 Å². The summed E-state index contributed by atoms with van der Waals surface area (Å²) in [6, 6.07) is 43.1. The van der Waals surface area contributed by atoms with Gasteiger partial charge in [0.2, 0.25) is 0 Å². The number of hydrogen-bond acceptors (Lipinski definition) is 2. The molecular formula is C38H27O3+. The van der Waals surface area contributed by atoms with Crippen molar-refractivity contribution in [3.05, 3.63) is 168 Å². The summed E-state index contributed by atoms with van der Waals surface area (Å²) in [5.41, 5.74) is 8.19. The predicted octanol–water partition coefficient (Wildman–Crippen LogP) is 9.82. The van der Waals surface area contributed by atoms with E-state index in [1.165, 1.54) is 0 Å². The Morgan fingerprint density at radius 3 is 1.98 bits per heavy atom. The third kappa shape index (κ3) is 4.79. The molecule has 41 heavy (non-hydrogen) atoms. The molecule has 0 unspecified atom stereocenters. The first-order chi connectivity index (χ1) is 20.3. The Morgan fingerprint density at radius 1 is 0.659 bits per heavy atom. The molecule has 1 aliphatic heterocycles. The van der Waals surface area contributed by atoms with Crippen LogP contribution in [0.4, 0.5) is 0 Å². The van der Waals surface area contributed by atoms with E-state index in [9.17, 15) is 0 Å². The van der Waals surface area contributed by atoms with Crippen molar-refractivity contribution in [1.29, 1.82) is 0 Å². The van der Waals surface area contributed by atoms with Gasteiger partial charge < -0.3 is 9.47 Å². The first-order valence-electron chi connectivity index (χ1n) is 13.6. The molecule has 0 amide bonds. The molecule has 0 radical (unpaired) electrons. The fraction of sp³-hybridized carbons (Fsp3) is 0.0263. The maximum Gasteiger partial charge on any atom is 0.361 e. The molecule has 0 N–H and O–H groups in total. The number of para-hydroxylation sites is 3. The Balaban J connectivity index is 1.44. The molecular weight excluding hydrogens is 504 g/mol. The van der Waals surface area contributed by atoms with E-state index >= 15 is 0 Å². The maximum atomic E-state index is 6.49. The van der Waals surface area contributed by atoms with Crippen molar-refractivity contribution in [1.82, 2.24) is 0 Å². The summed E-state index contributed by atoms with van der Waals surface area (Å²) in [5.74, 6) is 2.41. The highest BCUT2D eigenvalue weighted by Gasteiger charge is 2.21. The molecule has 7 rings (SSSR count). The molecule has 2 heterocycles. The van der Waals surface area contributed by atoms with E-state index in [2.05, 4.69) is 85.0 Å². The number of rotatable bonds is 5. The average molecular weight is 532 g/mol. The third-order valence-electron chi connectivity index (χ3n) is 7.37. The Labute approximate surface area is 238 Å². The molecule has 0 fully saturated rings. The first-order valence-corrected chi connectivity index (χ1v) is 13.6. The molecule has 0 atom stereocenters. The zero-order chi connectivity index (χ0) is 27.6. The summed E-state index contributed by atoms with van der Waals surface area (Å²) < 4.78 is 18.1. The summed E-state index contributed by atoms with van der Waals surface area (Å²) in [5, 5.41) is 2.13. The SMILES string of the molecule is COc1ccc(C(=CC2=CC(=Cc3c4ccccc4[o+]c4ccccc34)c3ccccc3O2)c2ccccc2)cc1. The van der Waals surface area contributed by atoms with Gasteiger partial charge >= 0.3 is 11.2 Å². The number of methoxy groups -OCH3 is 1. The van der Waals surface area contributed by atoms with Crippen molar-refractivity contribution in [3.63, 3.8) is 0 Å². The molecule has 0 saturated heterocycles. The Bertz CT molecular complexity index is 1930. The van der Waals surface area contributed by atoms with Crippen LogP contribution in [0, 0.1) is 0 Å². The molecule has 196 valence electrons. The van der Waals surface area contributed by atoms with Crippen LogP contribution >= 0.6 is 0 Å². The number of benzene rings is 5. The van der Waals surface area contributed by atoms with Crippen LogP contribution in [-0.2, 0) is 0 Å². The summed E-state index contributed by atoms with van der Waals surface area (Å²) in [6.45, 7) is 0. The van der Waals surface area contributed by atoms with Gasteiger partial charge in [0.15, 0.2) is 0 Å². The fourth-order valence-corrected chi connectivity index (χ4v) is 5.37. The number of fused-ring (bicyclic) bond motifs is 3. The van der Waals surface area contributed by atoms with E-state index < -0.39 is 0 Å². The van der Waals surface area contributed by atoms with Crippen molar-refractivity contribution in [2.45, 2.75) is 0 Å². The molecule has 1 aliphatic rings. The lowest BCUT2D eigenvalue weighted by atomic mass is 9.94. The van der Waals surface area contributed by atoms with Gasteiger partial charge in [0.25, 0.3) is 0 Å². The zero-order valence-electron chi connectivity index (χ0n) is 22.6. The van der Waals surface area contributed by atoms with Crippen LogP contribution in [0.25, 0.3) is 39.2 Å². The number of hydrogen-bond donors (Lipinski definition) is 0. The lowest BCUT2D eigenvalue weighted by Gasteiger charge is -2.20. The monoisotopic (exact) mass is 531 g/mol. The van der Waals surface area contributed by atoms with Crippen LogP contribution in [0.2, 0.25) is 0 Å².